The Morgan fingerprint density at radius 1 is 1.37 bits per heavy atom. The molecule has 0 aliphatic rings. The lowest BCUT2D eigenvalue weighted by Gasteiger charge is -2.13. The number of carbonyl (C=O) groups excluding carboxylic acids is 1. The van der Waals surface area contributed by atoms with Gasteiger partial charge in [-0.05, 0) is 6.07 Å². The second kappa shape index (κ2) is 7.77. The first-order valence-corrected chi connectivity index (χ1v) is 8.70. The first-order valence-electron chi connectivity index (χ1n) is 8.32. The molecule has 27 heavy (non-hydrogen) atoms. The summed E-state index contributed by atoms with van der Waals surface area (Å²) in [5.74, 6) is -0.373. The van der Waals surface area contributed by atoms with Crippen LogP contribution in [0, 0.1) is 0 Å². The first kappa shape index (κ1) is 18.9. The van der Waals surface area contributed by atoms with E-state index >= 15 is 0 Å². The molecule has 2 heterocycles. The van der Waals surface area contributed by atoms with Crippen molar-refractivity contribution in [3.8, 4) is 11.3 Å². The fourth-order valence-corrected chi connectivity index (χ4v) is 3.06. The second-order valence-corrected chi connectivity index (χ2v) is 6.41. The van der Waals surface area contributed by atoms with Gasteiger partial charge in [-0.2, -0.15) is 0 Å². The Balaban J connectivity index is 2.21. The number of hydrogen-bond acceptors (Lipinski definition) is 4. The van der Waals surface area contributed by atoms with E-state index in [1.165, 1.54) is 20.1 Å². The molecular formula is C19H19ClN4O3. The van der Waals surface area contributed by atoms with Crippen LogP contribution in [0.15, 0.2) is 54.1 Å². The number of hydrogen-bond donors (Lipinski definition) is 1. The standard InChI is InChI=1S/C19H19ClN4O3/c1-3-8-24-16(13-6-4-5-7-14(13)20)12-23-11-15(21-17(23)19(24)27)18(26)22(2)9-10-25/h3-7,11-12,25H,1,8-10H2,2H3. The second-order valence-electron chi connectivity index (χ2n) is 6.01. The van der Waals surface area contributed by atoms with Crippen LogP contribution in [0.1, 0.15) is 10.5 Å². The smallest absolute Gasteiger partial charge is 0.295 e. The fraction of sp³-hybridized carbons (Fsp3) is 0.211. The summed E-state index contributed by atoms with van der Waals surface area (Å²) >= 11 is 6.32. The highest BCUT2D eigenvalue weighted by Crippen LogP contribution is 2.27. The van der Waals surface area contributed by atoms with Gasteiger partial charge >= 0.3 is 0 Å². The molecule has 0 spiro atoms. The molecule has 0 fully saturated rings. The number of rotatable bonds is 6. The number of aliphatic hydroxyl groups is 1. The molecule has 1 aromatic carbocycles. The van der Waals surface area contributed by atoms with Crippen LogP contribution in [-0.2, 0) is 6.54 Å². The highest BCUT2D eigenvalue weighted by atomic mass is 35.5. The van der Waals surface area contributed by atoms with Crippen molar-refractivity contribution in [2.45, 2.75) is 6.54 Å². The number of nitrogens with zero attached hydrogens (tertiary/aromatic N) is 4. The predicted molar refractivity (Wildman–Crippen MR) is 104 cm³/mol. The lowest BCUT2D eigenvalue weighted by Crippen LogP contribution is -2.29. The third-order valence-corrected chi connectivity index (χ3v) is 4.51. The van der Waals surface area contributed by atoms with Gasteiger partial charge in [0, 0.05) is 43.1 Å². The summed E-state index contributed by atoms with van der Waals surface area (Å²) in [6.07, 6.45) is 4.84. The van der Waals surface area contributed by atoms with Gasteiger partial charge in [-0.3, -0.25) is 18.6 Å². The van der Waals surface area contributed by atoms with Gasteiger partial charge in [-0.1, -0.05) is 35.9 Å². The minimum atomic E-state index is -0.373. The van der Waals surface area contributed by atoms with Crippen molar-refractivity contribution < 1.29 is 9.90 Å². The number of aromatic nitrogens is 3. The largest absolute Gasteiger partial charge is 0.395 e. The van der Waals surface area contributed by atoms with E-state index in [1.807, 2.05) is 18.2 Å². The van der Waals surface area contributed by atoms with Crippen LogP contribution in [-0.4, -0.2) is 50.1 Å². The van der Waals surface area contributed by atoms with E-state index in [-0.39, 0.29) is 42.5 Å². The molecule has 3 aromatic rings. The number of aliphatic hydroxyl groups excluding tert-OH is 1. The molecule has 0 bridgehead atoms. The Morgan fingerprint density at radius 2 is 2.11 bits per heavy atom. The number of allylic oxidation sites excluding steroid dienone is 1. The highest BCUT2D eigenvalue weighted by molar-refractivity contribution is 6.33. The highest BCUT2D eigenvalue weighted by Gasteiger charge is 2.19. The zero-order valence-electron chi connectivity index (χ0n) is 14.8. The third-order valence-electron chi connectivity index (χ3n) is 4.18. The number of fused-ring (bicyclic) bond motifs is 1. The van der Waals surface area contributed by atoms with Gasteiger partial charge in [0.25, 0.3) is 11.5 Å². The van der Waals surface area contributed by atoms with Crippen molar-refractivity contribution in [3.05, 3.63) is 70.4 Å². The van der Waals surface area contributed by atoms with E-state index in [0.717, 1.165) is 0 Å². The summed E-state index contributed by atoms with van der Waals surface area (Å²) in [5, 5.41) is 9.51. The van der Waals surface area contributed by atoms with Crippen molar-refractivity contribution in [2.75, 3.05) is 20.2 Å². The van der Waals surface area contributed by atoms with E-state index in [2.05, 4.69) is 11.6 Å². The zero-order valence-corrected chi connectivity index (χ0v) is 15.6. The number of imidazole rings is 1. The monoisotopic (exact) mass is 386 g/mol. The van der Waals surface area contributed by atoms with E-state index < -0.39 is 0 Å². The zero-order chi connectivity index (χ0) is 19.6. The summed E-state index contributed by atoms with van der Waals surface area (Å²) in [6.45, 7) is 4.01. The quantitative estimate of drug-likeness (QED) is 0.658. The van der Waals surface area contributed by atoms with Crippen LogP contribution < -0.4 is 5.56 Å². The molecular weight excluding hydrogens is 368 g/mol. The molecule has 0 atom stereocenters. The molecule has 1 N–H and O–H groups in total. The summed E-state index contributed by atoms with van der Waals surface area (Å²) < 4.78 is 3.04. The number of benzene rings is 1. The van der Waals surface area contributed by atoms with Crippen LogP contribution in [0.25, 0.3) is 16.9 Å². The van der Waals surface area contributed by atoms with Crippen LogP contribution in [0.2, 0.25) is 5.02 Å². The minimum Gasteiger partial charge on any atom is -0.395 e. The van der Waals surface area contributed by atoms with Gasteiger partial charge in [0.2, 0.25) is 5.65 Å². The normalized spacial score (nSPS) is 10.9. The number of likely N-dealkylation sites (N-methyl/N-ethyl adjacent to an activating group) is 1. The van der Waals surface area contributed by atoms with E-state index in [0.29, 0.717) is 16.3 Å². The van der Waals surface area contributed by atoms with Gasteiger partial charge in [0.05, 0.1) is 12.3 Å². The lowest BCUT2D eigenvalue weighted by atomic mass is 10.1. The lowest BCUT2D eigenvalue weighted by molar-refractivity contribution is 0.0762. The van der Waals surface area contributed by atoms with Crippen LogP contribution in [0.5, 0.6) is 0 Å². The van der Waals surface area contributed by atoms with E-state index in [9.17, 15) is 9.59 Å². The molecule has 0 saturated carbocycles. The van der Waals surface area contributed by atoms with Gasteiger partial charge in [0.15, 0.2) is 0 Å². The molecule has 1 amide bonds. The van der Waals surface area contributed by atoms with Gasteiger partial charge in [0.1, 0.15) is 5.69 Å². The molecule has 7 nitrogen and oxygen atoms in total. The summed E-state index contributed by atoms with van der Waals surface area (Å²) in [7, 11) is 1.56. The van der Waals surface area contributed by atoms with E-state index in [4.69, 9.17) is 16.7 Å². The average molecular weight is 387 g/mol. The maximum atomic E-state index is 13.0. The van der Waals surface area contributed by atoms with Crippen molar-refractivity contribution in [1.29, 1.82) is 0 Å². The maximum absolute atomic E-state index is 13.0. The summed E-state index contributed by atoms with van der Waals surface area (Å²) in [4.78, 5) is 31.0. The Bertz CT molecular complexity index is 1070. The van der Waals surface area contributed by atoms with Crippen LogP contribution in [0.4, 0.5) is 0 Å². The Hall–Kier alpha value is -2.90. The van der Waals surface area contributed by atoms with Gasteiger partial charge in [-0.25, -0.2) is 4.98 Å². The molecule has 0 saturated heterocycles. The molecule has 0 aliphatic heterocycles. The number of amides is 1. The number of carbonyl (C=O) groups is 1. The molecule has 0 aliphatic carbocycles. The van der Waals surface area contributed by atoms with Crippen molar-refractivity contribution in [1.82, 2.24) is 18.9 Å². The Labute approximate surface area is 160 Å². The fourth-order valence-electron chi connectivity index (χ4n) is 2.83. The Morgan fingerprint density at radius 3 is 2.78 bits per heavy atom. The summed E-state index contributed by atoms with van der Waals surface area (Å²) in [5.41, 5.74) is 1.20. The minimum absolute atomic E-state index is 0.129. The third kappa shape index (κ3) is 3.51. The van der Waals surface area contributed by atoms with Gasteiger partial charge in [-0.15, -0.1) is 6.58 Å². The maximum Gasteiger partial charge on any atom is 0.295 e. The number of halogens is 1. The van der Waals surface area contributed by atoms with Crippen LogP contribution in [0.3, 0.4) is 0 Å². The predicted octanol–water partition coefficient (Wildman–Crippen LogP) is 2.07. The van der Waals surface area contributed by atoms with E-state index in [1.54, 1.807) is 25.4 Å². The molecule has 3 rings (SSSR count). The molecule has 2 aromatic heterocycles. The molecule has 8 heteroatoms. The molecule has 140 valence electrons. The van der Waals surface area contributed by atoms with Crippen molar-refractivity contribution in [2.24, 2.45) is 0 Å². The molecule has 0 radical (unpaired) electrons. The SMILES string of the molecule is C=CCn1c(-c2ccccc2Cl)cn2cc(C(=O)N(C)CCO)nc2c1=O. The van der Waals surface area contributed by atoms with Crippen LogP contribution >= 0.6 is 11.6 Å². The van der Waals surface area contributed by atoms with Gasteiger partial charge < -0.3 is 10.0 Å². The summed E-state index contributed by atoms with van der Waals surface area (Å²) in [6, 6.07) is 7.21. The van der Waals surface area contributed by atoms with Crippen molar-refractivity contribution in [3.63, 3.8) is 0 Å². The average Bonchev–Trinajstić information content (AvgIpc) is 3.08. The van der Waals surface area contributed by atoms with Crippen molar-refractivity contribution >= 4 is 23.2 Å². The Kier molecular flexibility index (Phi) is 5.43. The molecule has 0 unspecified atom stereocenters. The topological polar surface area (TPSA) is 79.8 Å². The first-order chi connectivity index (χ1) is 13.0.